The van der Waals surface area contributed by atoms with Gasteiger partial charge in [-0.15, -0.1) is 11.3 Å². The molecule has 3 heterocycles. The average molecular weight is 395 g/mol. The summed E-state index contributed by atoms with van der Waals surface area (Å²) in [5.74, 6) is 1.66. The minimum Gasteiger partial charge on any atom is -0.496 e. The quantitative estimate of drug-likeness (QED) is 0.518. The van der Waals surface area contributed by atoms with E-state index < -0.39 is 0 Å². The molecule has 0 spiro atoms. The summed E-state index contributed by atoms with van der Waals surface area (Å²) in [6.07, 6.45) is 10.7. The largest absolute Gasteiger partial charge is 0.496 e. The Hall–Kier alpha value is -3.59. The molecule has 0 bridgehead atoms. The van der Waals surface area contributed by atoms with Crippen molar-refractivity contribution >= 4 is 17.8 Å². The molecule has 0 fully saturated rings. The highest BCUT2D eigenvalue weighted by molar-refractivity contribution is 7.13. The van der Waals surface area contributed by atoms with E-state index in [1.54, 1.807) is 49.4 Å². The molecule has 0 aliphatic carbocycles. The van der Waals surface area contributed by atoms with Crippen LogP contribution in [0.4, 0.5) is 0 Å². The lowest BCUT2D eigenvalue weighted by Gasteiger charge is -2.11. The van der Waals surface area contributed by atoms with Gasteiger partial charge in [-0.3, -0.25) is 14.8 Å². The van der Waals surface area contributed by atoms with E-state index in [1.165, 1.54) is 0 Å². The predicted molar refractivity (Wildman–Crippen MR) is 105 cm³/mol. The first-order valence-electron chi connectivity index (χ1n) is 8.19. The fourth-order valence-corrected chi connectivity index (χ4v) is 3.31. The normalized spacial score (nSPS) is 10.0. The first kappa shape index (κ1) is 19.2. The van der Waals surface area contributed by atoms with Crippen molar-refractivity contribution in [2.45, 2.75) is 6.54 Å². The molecule has 0 aliphatic heterocycles. The third-order valence-electron chi connectivity index (χ3n) is 3.78. The summed E-state index contributed by atoms with van der Waals surface area (Å²) < 4.78 is 7.54. The van der Waals surface area contributed by atoms with Gasteiger partial charge in [0, 0.05) is 41.9 Å². The van der Waals surface area contributed by atoms with Crippen LogP contribution in [0.5, 0.6) is 5.75 Å². The van der Waals surface area contributed by atoms with E-state index in [0.29, 0.717) is 6.54 Å². The number of benzene rings is 1. The van der Waals surface area contributed by atoms with E-state index in [9.17, 15) is 0 Å². The fourth-order valence-electron chi connectivity index (χ4n) is 2.65. The monoisotopic (exact) mass is 395 g/mol. The molecule has 142 valence electrons. The van der Waals surface area contributed by atoms with Crippen LogP contribution in [0.1, 0.15) is 5.69 Å². The Kier molecular flexibility index (Phi) is 6.42. The van der Waals surface area contributed by atoms with Crippen molar-refractivity contribution in [2.75, 3.05) is 7.11 Å². The van der Waals surface area contributed by atoms with Gasteiger partial charge in [-0.25, -0.2) is 9.97 Å². The Morgan fingerprint density at radius 3 is 2.71 bits per heavy atom. The Labute approximate surface area is 165 Å². The van der Waals surface area contributed by atoms with Gasteiger partial charge in [0.1, 0.15) is 16.6 Å². The van der Waals surface area contributed by atoms with Gasteiger partial charge in [0.05, 0.1) is 31.1 Å². The zero-order valence-corrected chi connectivity index (χ0v) is 15.8. The topological polar surface area (TPSA) is 103 Å². The van der Waals surface area contributed by atoms with Crippen LogP contribution in [0.15, 0.2) is 60.8 Å². The minimum absolute atomic E-state index is 0.250. The van der Waals surface area contributed by atoms with Crippen LogP contribution < -0.4 is 4.74 Å². The maximum absolute atomic E-state index is 8.36. The summed E-state index contributed by atoms with van der Waals surface area (Å²) >= 11 is 1.58. The predicted octanol–water partition coefficient (Wildman–Crippen LogP) is 3.22. The van der Waals surface area contributed by atoms with E-state index in [1.807, 2.05) is 23.7 Å². The zero-order chi connectivity index (χ0) is 19.8. The van der Waals surface area contributed by atoms with Gasteiger partial charge < -0.3 is 14.4 Å². The van der Waals surface area contributed by atoms with Crippen molar-refractivity contribution in [3.8, 4) is 27.7 Å². The Balaban J connectivity index is 0.000000706. The molecule has 0 radical (unpaired) electrons. The van der Waals surface area contributed by atoms with Crippen molar-refractivity contribution in [3.63, 3.8) is 0 Å². The highest BCUT2D eigenvalue weighted by Gasteiger charge is 2.13. The fraction of sp³-hybridized carbons (Fsp3) is 0.105. The second-order valence-corrected chi connectivity index (χ2v) is 6.33. The number of thiazole rings is 1. The van der Waals surface area contributed by atoms with Crippen LogP contribution in [0.3, 0.4) is 0 Å². The third-order valence-corrected chi connectivity index (χ3v) is 4.59. The van der Waals surface area contributed by atoms with E-state index >= 15 is 0 Å². The standard InChI is InChI=1S/C18H15N5OS.CH2O2/c1-24-16-3-2-13(10-15(16)18-22-7-9-25-18)17-21-6-8-23(17)12-14-11-19-4-5-20-14;2-1-3/h2-11H,12H2,1H3;1H,(H,2,3). The molecular weight excluding hydrogens is 378 g/mol. The van der Waals surface area contributed by atoms with Gasteiger partial charge in [0.2, 0.25) is 0 Å². The van der Waals surface area contributed by atoms with Crippen LogP contribution >= 0.6 is 11.3 Å². The van der Waals surface area contributed by atoms with Crippen molar-refractivity contribution in [2.24, 2.45) is 0 Å². The molecule has 0 amide bonds. The highest BCUT2D eigenvalue weighted by atomic mass is 32.1. The smallest absolute Gasteiger partial charge is 0.290 e. The summed E-state index contributed by atoms with van der Waals surface area (Å²) in [5, 5.41) is 9.77. The summed E-state index contributed by atoms with van der Waals surface area (Å²) in [7, 11) is 1.67. The Morgan fingerprint density at radius 1 is 1.18 bits per heavy atom. The van der Waals surface area contributed by atoms with Gasteiger partial charge in [0.15, 0.2) is 0 Å². The molecule has 0 saturated carbocycles. The number of hydrogen-bond acceptors (Lipinski definition) is 7. The van der Waals surface area contributed by atoms with Gasteiger partial charge >= 0.3 is 0 Å². The first-order chi connectivity index (χ1) is 13.8. The molecule has 28 heavy (non-hydrogen) atoms. The lowest BCUT2D eigenvalue weighted by molar-refractivity contribution is -0.122. The number of carbonyl (C=O) groups is 1. The SMILES string of the molecule is COc1ccc(-c2nccn2Cc2cnccn2)cc1-c1nccs1.O=CO. The van der Waals surface area contributed by atoms with E-state index in [0.717, 1.165) is 33.4 Å². The van der Waals surface area contributed by atoms with Crippen molar-refractivity contribution in [1.82, 2.24) is 24.5 Å². The lowest BCUT2D eigenvalue weighted by atomic mass is 10.1. The summed E-state index contributed by atoms with van der Waals surface area (Å²) in [5.41, 5.74) is 2.85. The average Bonchev–Trinajstić information content (AvgIpc) is 3.41. The number of ether oxygens (including phenoxy) is 1. The first-order valence-corrected chi connectivity index (χ1v) is 9.07. The van der Waals surface area contributed by atoms with Crippen LogP contribution in [0.2, 0.25) is 0 Å². The van der Waals surface area contributed by atoms with Crippen LogP contribution in [0.25, 0.3) is 22.0 Å². The second kappa shape index (κ2) is 9.38. The second-order valence-electron chi connectivity index (χ2n) is 5.43. The highest BCUT2D eigenvalue weighted by Crippen LogP contribution is 2.34. The van der Waals surface area contributed by atoms with E-state index in [2.05, 4.69) is 30.6 Å². The number of rotatable bonds is 5. The summed E-state index contributed by atoms with van der Waals surface area (Å²) in [6.45, 7) is 0.363. The zero-order valence-electron chi connectivity index (χ0n) is 15.0. The number of nitrogens with zero attached hydrogens (tertiary/aromatic N) is 5. The molecular formula is C19H17N5O3S. The van der Waals surface area contributed by atoms with Gasteiger partial charge in [-0.1, -0.05) is 0 Å². The number of carboxylic acid groups (broad SMARTS) is 1. The molecule has 0 atom stereocenters. The van der Waals surface area contributed by atoms with Crippen LogP contribution in [-0.4, -0.2) is 43.2 Å². The third kappa shape index (κ3) is 4.38. The molecule has 3 aromatic heterocycles. The van der Waals surface area contributed by atoms with Gasteiger partial charge in [-0.05, 0) is 18.2 Å². The molecule has 1 aromatic carbocycles. The van der Waals surface area contributed by atoms with Crippen molar-refractivity contribution in [1.29, 1.82) is 0 Å². The maximum atomic E-state index is 8.36. The molecule has 0 unspecified atom stereocenters. The number of methoxy groups -OCH3 is 1. The van der Waals surface area contributed by atoms with Gasteiger partial charge in [-0.2, -0.15) is 0 Å². The molecule has 0 saturated heterocycles. The number of imidazole rings is 1. The minimum atomic E-state index is -0.250. The Bertz CT molecular complexity index is 1020. The molecule has 4 rings (SSSR count). The molecule has 1 N–H and O–H groups in total. The maximum Gasteiger partial charge on any atom is 0.290 e. The summed E-state index contributed by atoms with van der Waals surface area (Å²) in [4.78, 5) is 25.7. The van der Waals surface area contributed by atoms with Crippen molar-refractivity contribution < 1.29 is 14.6 Å². The van der Waals surface area contributed by atoms with Crippen LogP contribution in [0, 0.1) is 0 Å². The molecule has 0 aliphatic rings. The number of aromatic nitrogens is 5. The van der Waals surface area contributed by atoms with E-state index in [4.69, 9.17) is 14.6 Å². The molecule has 8 nitrogen and oxygen atoms in total. The lowest BCUT2D eigenvalue weighted by Crippen LogP contribution is -2.03. The summed E-state index contributed by atoms with van der Waals surface area (Å²) in [6, 6.07) is 6.02. The van der Waals surface area contributed by atoms with Gasteiger partial charge in [0.25, 0.3) is 6.47 Å². The molecule has 4 aromatic rings. The number of hydrogen-bond donors (Lipinski definition) is 1. The molecule has 9 heteroatoms. The van der Waals surface area contributed by atoms with Crippen LogP contribution in [-0.2, 0) is 11.3 Å². The van der Waals surface area contributed by atoms with Crippen molar-refractivity contribution in [3.05, 3.63) is 66.5 Å². The Morgan fingerprint density at radius 2 is 2.04 bits per heavy atom. The van der Waals surface area contributed by atoms with E-state index in [-0.39, 0.29) is 6.47 Å².